The van der Waals surface area contributed by atoms with Gasteiger partial charge in [0.2, 0.25) is 0 Å². The van der Waals surface area contributed by atoms with Crippen LogP contribution in [0, 0.1) is 15.9 Å². The highest BCUT2D eigenvalue weighted by atomic mass is 79.9. The first-order chi connectivity index (χ1) is 9.95. The topological polar surface area (TPSA) is 69.2 Å². The molecule has 0 radical (unpaired) electrons. The van der Waals surface area contributed by atoms with Gasteiger partial charge < -0.3 is 5.73 Å². The molecule has 0 aromatic heterocycles. The summed E-state index contributed by atoms with van der Waals surface area (Å²) < 4.78 is 14.2. The Morgan fingerprint density at radius 3 is 2.48 bits per heavy atom. The van der Waals surface area contributed by atoms with Crippen molar-refractivity contribution in [2.24, 2.45) is 5.73 Å². The maximum Gasteiger partial charge on any atom is 0.272 e. The second-order valence-corrected chi connectivity index (χ2v) is 5.74. The zero-order chi connectivity index (χ0) is 15.4. The predicted octanol–water partition coefficient (Wildman–Crippen LogP) is 3.61. The minimum absolute atomic E-state index is 0.0948. The molecule has 0 aliphatic rings. The average molecular weight is 353 g/mol. The Kier molecular flexibility index (Phi) is 5.03. The van der Waals surface area contributed by atoms with E-state index in [2.05, 4.69) is 15.9 Å². The van der Waals surface area contributed by atoms with E-state index in [1.165, 1.54) is 12.1 Å². The quantitative estimate of drug-likeness (QED) is 0.660. The minimum Gasteiger partial charge on any atom is -0.327 e. The van der Waals surface area contributed by atoms with Gasteiger partial charge in [-0.15, -0.1) is 0 Å². The van der Waals surface area contributed by atoms with Crippen LogP contribution >= 0.6 is 15.9 Å². The van der Waals surface area contributed by atoms with Gasteiger partial charge in [0, 0.05) is 22.1 Å². The Labute approximate surface area is 130 Å². The molecule has 21 heavy (non-hydrogen) atoms. The van der Waals surface area contributed by atoms with Crippen LogP contribution in [-0.2, 0) is 12.8 Å². The van der Waals surface area contributed by atoms with Crippen LogP contribution in [0.5, 0.6) is 0 Å². The largest absolute Gasteiger partial charge is 0.327 e. The maximum absolute atomic E-state index is 13.3. The van der Waals surface area contributed by atoms with Crippen LogP contribution in [0.15, 0.2) is 46.9 Å². The van der Waals surface area contributed by atoms with Crippen molar-refractivity contribution in [1.82, 2.24) is 0 Å². The van der Waals surface area contributed by atoms with Gasteiger partial charge in [0.25, 0.3) is 5.69 Å². The second-order valence-electron chi connectivity index (χ2n) is 4.82. The molecule has 0 aliphatic carbocycles. The molecule has 0 heterocycles. The fraction of sp³-hybridized carbons (Fsp3) is 0.200. The summed E-state index contributed by atoms with van der Waals surface area (Å²) in [6, 6.07) is 10.8. The zero-order valence-corrected chi connectivity index (χ0v) is 12.7. The predicted molar refractivity (Wildman–Crippen MR) is 82.6 cm³/mol. The number of hydrogen-bond donors (Lipinski definition) is 1. The summed E-state index contributed by atoms with van der Waals surface area (Å²) >= 11 is 3.35. The highest BCUT2D eigenvalue weighted by molar-refractivity contribution is 9.10. The Morgan fingerprint density at radius 1 is 1.19 bits per heavy atom. The van der Waals surface area contributed by atoms with E-state index in [9.17, 15) is 14.5 Å². The molecular formula is C15H14BrFN2O2. The molecule has 2 rings (SSSR count). The van der Waals surface area contributed by atoms with E-state index in [1.54, 1.807) is 0 Å². The molecule has 0 spiro atoms. The van der Waals surface area contributed by atoms with Crippen LogP contribution in [0.25, 0.3) is 0 Å². The van der Waals surface area contributed by atoms with E-state index < -0.39 is 10.7 Å². The molecule has 2 N–H and O–H groups in total. The lowest BCUT2D eigenvalue weighted by Crippen LogP contribution is -2.26. The van der Waals surface area contributed by atoms with Crippen LogP contribution in [-0.4, -0.2) is 11.0 Å². The molecule has 0 fully saturated rings. The standard InChI is InChI=1S/C15H14BrFN2O2/c16-12-3-1-10(2-4-12)7-14(18)9-11-8-13(17)5-6-15(11)19(20)21/h1-6,8,14H,7,9,18H2. The Morgan fingerprint density at radius 2 is 1.86 bits per heavy atom. The van der Waals surface area contributed by atoms with Crippen LogP contribution < -0.4 is 5.73 Å². The average Bonchev–Trinajstić information content (AvgIpc) is 2.41. The van der Waals surface area contributed by atoms with Gasteiger partial charge in [0.15, 0.2) is 0 Å². The van der Waals surface area contributed by atoms with E-state index in [1.807, 2.05) is 24.3 Å². The number of nitro benzene ring substituents is 1. The lowest BCUT2D eigenvalue weighted by Gasteiger charge is -2.12. The van der Waals surface area contributed by atoms with Crippen LogP contribution in [0.1, 0.15) is 11.1 Å². The highest BCUT2D eigenvalue weighted by Crippen LogP contribution is 2.21. The molecule has 0 bridgehead atoms. The van der Waals surface area contributed by atoms with Gasteiger partial charge >= 0.3 is 0 Å². The lowest BCUT2D eigenvalue weighted by molar-refractivity contribution is -0.385. The van der Waals surface area contributed by atoms with Crippen molar-refractivity contribution < 1.29 is 9.31 Å². The van der Waals surface area contributed by atoms with Gasteiger partial charge in [0.1, 0.15) is 5.82 Å². The summed E-state index contributed by atoms with van der Waals surface area (Å²) in [6.45, 7) is 0. The fourth-order valence-electron chi connectivity index (χ4n) is 2.17. The fourth-order valence-corrected chi connectivity index (χ4v) is 2.44. The van der Waals surface area contributed by atoms with Crippen LogP contribution in [0.3, 0.4) is 0 Å². The summed E-state index contributed by atoms with van der Waals surface area (Å²) in [4.78, 5) is 10.4. The summed E-state index contributed by atoms with van der Waals surface area (Å²) in [7, 11) is 0. The number of nitro groups is 1. The third kappa shape index (κ3) is 4.34. The SMILES string of the molecule is NC(Cc1ccc(Br)cc1)Cc1cc(F)ccc1[N+](=O)[O-]. The molecule has 6 heteroatoms. The van der Waals surface area contributed by atoms with Gasteiger partial charge in [-0.1, -0.05) is 28.1 Å². The van der Waals surface area contributed by atoms with E-state index in [0.717, 1.165) is 16.1 Å². The summed E-state index contributed by atoms with van der Waals surface area (Å²) in [6.07, 6.45) is 0.824. The monoisotopic (exact) mass is 352 g/mol. The Balaban J connectivity index is 2.12. The summed E-state index contributed by atoms with van der Waals surface area (Å²) in [5, 5.41) is 10.9. The maximum atomic E-state index is 13.3. The molecule has 1 unspecified atom stereocenters. The third-order valence-electron chi connectivity index (χ3n) is 3.13. The molecule has 0 aliphatic heterocycles. The number of nitrogens with zero attached hydrogens (tertiary/aromatic N) is 1. The van der Waals surface area contributed by atoms with Gasteiger partial charge in [-0.05, 0) is 42.7 Å². The molecule has 4 nitrogen and oxygen atoms in total. The molecule has 0 saturated carbocycles. The van der Waals surface area contributed by atoms with Gasteiger partial charge in [0.05, 0.1) is 4.92 Å². The van der Waals surface area contributed by atoms with Crippen LogP contribution in [0.4, 0.5) is 10.1 Å². The van der Waals surface area contributed by atoms with E-state index in [-0.39, 0.29) is 18.2 Å². The second kappa shape index (κ2) is 6.78. The number of benzene rings is 2. The number of nitrogens with two attached hydrogens (primary N) is 1. The van der Waals surface area contributed by atoms with E-state index in [0.29, 0.717) is 12.0 Å². The van der Waals surface area contributed by atoms with Crippen LogP contribution in [0.2, 0.25) is 0 Å². The smallest absolute Gasteiger partial charge is 0.272 e. The first-order valence-corrected chi connectivity index (χ1v) is 7.18. The van der Waals surface area contributed by atoms with Crippen molar-refractivity contribution in [2.75, 3.05) is 0 Å². The molecule has 1 atom stereocenters. The first-order valence-electron chi connectivity index (χ1n) is 6.38. The molecular weight excluding hydrogens is 339 g/mol. The van der Waals surface area contributed by atoms with Crippen molar-refractivity contribution in [3.63, 3.8) is 0 Å². The molecule has 2 aromatic rings. The van der Waals surface area contributed by atoms with Gasteiger partial charge in [-0.25, -0.2) is 4.39 Å². The molecule has 2 aromatic carbocycles. The van der Waals surface area contributed by atoms with Crippen molar-refractivity contribution in [3.8, 4) is 0 Å². The zero-order valence-electron chi connectivity index (χ0n) is 11.1. The number of hydrogen-bond acceptors (Lipinski definition) is 3. The number of halogens is 2. The molecule has 0 saturated heterocycles. The first kappa shape index (κ1) is 15.6. The van der Waals surface area contributed by atoms with E-state index >= 15 is 0 Å². The van der Waals surface area contributed by atoms with Crippen molar-refractivity contribution in [2.45, 2.75) is 18.9 Å². The normalized spacial score (nSPS) is 12.1. The Hall–Kier alpha value is -1.79. The third-order valence-corrected chi connectivity index (χ3v) is 3.66. The van der Waals surface area contributed by atoms with Crippen molar-refractivity contribution in [1.29, 1.82) is 0 Å². The summed E-state index contributed by atoms with van der Waals surface area (Å²) in [5.74, 6) is -0.494. The number of rotatable bonds is 5. The van der Waals surface area contributed by atoms with Crippen molar-refractivity contribution in [3.05, 3.63) is 74.0 Å². The molecule has 110 valence electrons. The van der Waals surface area contributed by atoms with Gasteiger partial charge in [-0.3, -0.25) is 10.1 Å². The summed E-state index contributed by atoms with van der Waals surface area (Å²) in [5.41, 5.74) is 7.30. The minimum atomic E-state index is -0.513. The van der Waals surface area contributed by atoms with Crippen molar-refractivity contribution >= 4 is 21.6 Å². The Bertz CT molecular complexity index is 647. The lowest BCUT2D eigenvalue weighted by atomic mass is 9.98. The molecule has 0 amide bonds. The van der Waals surface area contributed by atoms with E-state index in [4.69, 9.17) is 5.73 Å². The van der Waals surface area contributed by atoms with Gasteiger partial charge in [-0.2, -0.15) is 0 Å². The highest BCUT2D eigenvalue weighted by Gasteiger charge is 2.17.